The fourth-order valence-corrected chi connectivity index (χ4v) is 9.20. The predicted octanol–water partition coefficient (Wildman–Crippen LogP) is 3.55. The number of nitrogen functional groups attached to an aromatic ring is 1. The van der Waals surface area contributed by atoms with Crippen LogP contribution in [0.1, 0.15) is 106 Å². The Morgan fingerprint density at radius 2 is 1.80 bits per heavy atom. The Labute approximate surface area is 444 Å². The number of nitrogens with zero attached hydrogens (tertiary/aromatic N) is 8. The van der Waals surface area contributed by atoms with Crippen LogP contribution in [0.25, 0.3) is 11.3 Å². The lowest BCUT2D eigenvalue weighted by Gasteiger charge is -2.36. The molecular weight excluding hydrogens is 978 g/mol. The van der Waals surface area contributed by atoms with Gasteiger partial charge in [-0.25, -0.2) is 14.4 Å². The van der Waals surface area contributed by atoms with Gasteiger partial charge in [-0.2, -0.15) is 10.4 Å². The monoisotopic (exact) mass is 1050 g/mol. The van der Waals surface area contributed by atoms with E-state index < -0.39 is 41.4 Å². The number of rotatable bonds is 23. The van der Waals surface area contributed by atoms with Gasteiger partial charge in [0.2, 0.25) is 17.7 Å². The summed E-state index contributed by atoms with van der Waals surface area (Å²) < 4.78 is 33.5. The molecule has 0 radical (unpaired) electrons. The van der Waals surface area contributed by atoms with Gasteiger partial charge in [0.15, 0.2) is 11.6 Å². The van der Waals surface area contributed by atoms with Crippen molar-refractivity contribution in [1.29, 1.82) is 5.26 Å². The van der Waals surface area contributed by atoms with Crippen molar-refractivity contribution < 1.29 is 42.6 Å². The Hall–Kier alpha value is -6.90. The van der Waals surface area contributed by atoms with Crippen molar-refractivity contribution in [3.05, 3.63) is 88.6 Å². The van der Waals surface area contributed by atoms with Crippen LogP contribution in [0.15, 0.2) is 54.7 Å². The van der Waals surface area contributed by atoms with Crippen LogP contribution in [0, 0.1) is 22.6 Å². The molecule has 4 aromatic rings. The number of halogens is 1. The van der Waals surface area contributed by atoms with Gasteiger partial charge < -0.3 is 55.9 Å². The number of ketones is 1. The van der Waals surface area contributed by atoms with E-state index in [1.54, 1.807) is 39.9 Å². The lowest BCUT2D eigenvalue weighted by Crippen LogP contribution is -2.59. The van der Waals surface area contributed by atoms with Crippen LogP contribution in [-0.2, 0) is 41.7 Å². The fourth-order valence-electron chi connectivity index (χ4n) is 9.20. The number of fused-ring (bicyclic) bond motifs is 5. The number of ether oxygens (including phenoxy) is 3. The van der Waals surface area contributed by atoms with E-state index in [0.29, 0.717) is 36.4 Å². The number of likely N-dealkylation sites (tertiary alicyclic amines) is 1. The van der Waals surface area contributed by atoms with Crippen LogP contribution in [0.4, 0.5) is 10.2 Å². The molecule has 0 spiro atoms. The highest BCUT2D eigenvalue weighted by Gasteiger charge is 2.45. The van der Waals surface area contributed by atoms with Gasteiger partial charge in [0.25, 0.3) is 11.8 Å². The van der Waals surface area contributed by atoms with E-state index in [9.17, 15) is 33.6 Å². The summed E-state index contributed by atoms with van der Waals surface area (Å²) in [6.07, 6.45) is 1.81. The number of nitrogens with two attached hydrogens (primary N) is 1. The number of hydrogen-bond donors (Lipinski definition) is 5. The van der Waals surface area contributed by atoms with Gasteiger partial charge >= 0.3 is 0 Å². The maximum atomic E-state index is 14.4. The quantitative estimate of drug-likeness (QED) is 0.0666. The number of Topliss-reactive ketones (excluding diaryl/α,β-unsaturated/α-hetero) is 1. The first kappa shape index (κ1) is 58.4. The molecule has 2 aromatic heterocycles. The van der Waals surface area contributed by atoms with Crippen LogP contribution < -0.4 is 31.7 Å². The summed E-state index contributed by atoms with van der Waals surface area (Å²) in [4.78, 5) is 81.8. The van der Waals surface area contributed by atoms with E-state index in [-0.39, 0.29) is 123 Å². The highest BCUT2D eigenvalue weighted by atomic mass is 19.1. The Balaban J connectivity index is 0.980. The summed E-state index contributed by atoms with van der Waals surface area (Å²) in [7, 11) is 4.89. The zero-order chi connectivity index (χ0) is 55.3. The summed E-state index contributed by atoms with van der Waals surface area (Å²) in [5.41, 5.74) is 8.11. The number of likely N-dealkylation sites (N-methyl/N-ethyl adjacent to an activating group) is 2. The molecule has 2 bridgehead atoms. The van der Waals surface area contributed by atoms with Gasteiger partial charge in [-0.3, -0.25) is 28.7 Å². The lowest BCUT2D eigenvalue weighted by atomic mass is 9.85. The normalized spacial score (nSPS) is 17.8. The third kappa shape index (κ3) is 14.7. The molecule has 6 N–H and O–H groups in total. The van der Waals surface area contributed by atoms with Gasteiger partial charge in [-0.15, -0.1) is 0 Å². The van der Waals surface area contributed by atoms with Crippen LogP contribution in [-0.4, -0.2) is 162 Å². The van der Waals surface area contributed by atoms with Crippen molar-refractivity contribution in [2.24, 2.45) is 5.41 Å². The first-order valence-electron chi connectivity index (χ1n) is 25.8. The highest BCUT2D eigenvalue weighted by Crippen LogP contribution is 2.34. The number of hydrogen-bond acceptors (Lipinski definition) is 16. The molecule has 1 saturated heterocycles. The largest absolute Gasteiger partial charge is 0.467 e. The minimum Gasteiger partial charge on any atom is -0.467 e. The highest BCUT2D eigenvalue weighted by molar-refractivity contribution is 5.96. The summed E-state index contributed by atoms with van der Waals surface area (Å²) >= 11 is 0. The number of anilines is 1. The van der Waals surface area contributed by atoms with Gasteiger partial charge in [0, 0.05) is 56.9 Å². The maximum absolute atomic E-state index is 14.4. The molecule has 6 rings (SSSR count). The van der Waals surface area contributed by atoms with Crippen molar-refractivity contribution in [3.8, 4) is 23.2 Å². The molecule has 0 saturated carbocycles. The molecule has 2 aliphatic heterocycles. The topological polar surface area (TPSA) is 264 Å². The molecule has 0 aliphatic carbocycles. The number of amides is 4. The van der Waals surface area contributed by atoms with Crippen molar-refractivity contribution in [3.63, 3.8) is 0 Å². The lowest BCUT2D eigenvalue weighted by molar-refractivity contribution is -0.143. The molecule has 2 aliphatic rings. The zero-order valence-electron chi connectivity index (χ0n) is 45.2. The molecule has 22 heteroatoms. The van der Waals surface area contributed by atoms with Crippen molar-refractivity contribution in [2.75, 3.05) is 79.5 Å². The van der Waals surface area contributed by atoms with E-state index in [2.05, 4.69) is 44.2 Å². The number of nitriles is 1. The van der Waals surface area contributed by atoms with E-state index in [0.717, 1.165) is 12.0 Å². The van der Waals surface area contributed by atoms with E-state index in [1.165, 1.54) is 38.9 Å². The second kappa shape index (κ2) is 26.7. The number of nitrogens with one attached hydrogen (secondary N) is 4. The second-order valence-corrected chi connectivity index (χ2v) is 20.3. The number of benzene rings is 2. The van der Waals surface area contributed by atoms with Gasteiger partial charge in [0.05, 0.1) is 87.7 Å². The third-order valence-corrected chi connectivity index (χ3v) is 13.8. The maximum Gasteiger partial charge on any atom is 0.258 e. The Bertz CT molecular complexity index is 2710. The third-order valence-electron chi connectivity index (χ3n) is 13.8. The van der Waals surface area contributed by atoms with E-state index >= 15 is 0 Å². The molecule has 1 unspecified atom stereocenters. The Kier molecular flexibility index (Phi) is 20.5. The SMILES string of the molecule is CC[C@@H](NCC(=O)[C@@H]1C[C@H](NCCOCCOCCC(=O)N(C)CCn2nc3c(c2C#N)-c2cnc(N)c(n2)O[C@H](C)c2cc(F)ccc2C(=O)N(C)C3)CN1C(=O)C(NC(=O)[C@H](C)NC)C(C)(C)C)c1ccccc1. The molecule has 1 fully saturated rings. The first-order chi connectivity index (χ1) is 36.2. The van der Waals surface area contributed by atoms with Gasteiger partial charge in [0.1, 0.15) is 29.7 Å². The Morgan fingerprint density at radius 1 is 1.08 bits per heavy atom. The smallest absolute Gasteiger partial charge is 0.258 e. The van der Waals surface area contributed by atoms with Crippen LogP contribution in [0.5, 0.6) is 5.88 Å². The summed E-state index contributed by atoms with van der Waals surface area (Å²) in [6, 6.07) is 13.6. The van der Waals surface area contributed by atoms with E-state index in [4.69, 9.17) is 25.0 Å². The van der Waals surface area contributed by atoms with Crippen molar-refractivity contribution in [1.82, 2.24) is 55.7 Å². The second-order valence-electron chi connectivity index (χ2n) is 20.3. The minimum absolute atomic E-state index is 0.0349. The average molecular weight is 1050 g/mol. The minimum atomic E-state index is -0.865. The van der Waals surface area contributed by atoms with Crippen LogP contribution in [0.3, 0.4) is 0 Å². The Morgan fingerprint density at radius 3 is 2.49 bits per heavy atom. The number of carbonyl (C=O) groups is 5. The standard InChI is InChI=1S/C54H74FN13O8/c1-10-40(35-14-12-11-13-15-35)60-30-45(69)43-27-37(31-67(43)53(73)48(54(4,5)6)63-50(71)33(2)58-7)59-19-23-75-25-24-74-22-18-46(70)65(8)20-21-68-44(28-56)47-41-29-61-49(57)51(62-41)76-34(3)39-26-36(55)16-17-38(39)52(72)66(9)32-42(47)64-68/h11-17,26,29,33-34,37,40,43,48,58-60H,10,18-25,27,30-32H2,1-9H3,(H2,57,61)(H,63,71)/t33-,34+,37-,40+,43-,48?/m0/s1. The predicted molar refractivity (Wildman–Crippen MR) is 282 cm³/mol. The number of carbonyl (C=O) groups excluding carboxylic acids is 5. The first-order valence-corrected chi connectivity index (χ1v) is 25.8. The average Bonchev–Trinajstić information content (AvgIpc) is 3.99. The molecule has 6 atom stereocenters. The molecule has 410 valence electrons. The summed E-state index contributed by atoms with van der Waals surface area (Å²) in [5, 5.41) is 27.9. The van der Waals surface area contributed by atoms with Crippen molar-refractivity contribution in [2.45, 2.75) is 110 Å². The molecule has 4 amide bonds. The van der Waals surface area contributed by atoms with Crippen LogP contribution in [0.2, 0.25) is 0 Å². The van der Waals surface area contributed by atoms with Crippen molar-refractivity contribution >= 4 is 35.2 Å². The molecular formula is C54H74FN13O8. The fraction of sp³-hybridized carbons (Fsp3) is 0.537. The number of aromatic nitrogens is 4. The molecule has 21 nitrogen and oxygen atoms in total. The summed E-state index contributed by atoms with van der Waals surface area (Å²) in [6.45, 7) is 13.2. The van der Waals surface area contributed by atoms with Gasteiger partial charge in [-0.05, 0) is 62.9 Å². The summed E-state index contributed by atoms with van der Waals surface area (Å²) in [5.74, 6) is -1.98. The zero-order valence-corrected chi connectivity index (χ0v) is 45.2. The molecule has 4 heterocycles. The van der Waals surface area contributed by atoms with Crippen LogP contribution >= 0.6 is 0 Å². The molecule has 76 heavy (non-hydrogen) atoms. The van der Waals surface area contributed by atoms with E-state index in [1.807, 2.05) is 51.1 Å². The molecule has 2 aromatic carbocycles. The van der Waals surface area contributed by atoms with Gasteiger partial charge in [-0.1, -0.05) is 58.0 Å².